The van der Waals surface area contributed by atoms with Gasteiger partial charge < -0.3 is 5.32 Å². The van der Waals surface area contributed by atoms with Crippen LogP contribution < -0.4 is 5.32 Å². The Morgan fingerprint density at radius 3 is 2.59 bits per heavy atom. The Labute approximate surface area is 146 Å². The molecule has 0 unspecified atom stereocenters. The predicted octanol–water partition coefficient (Wildman–Crippen LogP) is 4.64. The van der Waals surface area contributed by atoms with Crippen molar-refractivity contribution in [3.63, 3.8) is 0 Å². The molecule has 1 aromatic carbocycles. The Morgan fingerprint density at radius 2 is 1.91 bits per heavy atom. The molecule has 0 saturated carbocycles. The molecule has 1 aliphatic heterocycles. The standard InChI is InChI=1S/C16H17Cl2N3.ClH/c1-9(2)16-20-14-5-6-19-8-11(14)15(21-16)10-3-4-12(17)13(18)7-10;/h3-4,7,9,19H,5-6,8H2,1-2H3;1H. The number of nitrogens with zero attached hydrogens (tertiary/aromatic N) is 2. The summed E-state index contributed by atoms with van der Waals surface area (Å²) in [7, 11) is 0. The Bertz CT molecular complexity index is 687. The topological polar surface area (TPSA) is 37.8 Å². The molecule has 2 heterocycles. The fourth-order valence-electron chi connectivity index (χ4n) is 2.50. The summed E-state index contributed by atoms with van der Waals surface area (Å²) in [6.45, 7) is 5.98. The van der Waals surface area contributed by atoms with Crippen LogP contribution in [0.1, 0.15) is 36.8 Å². The molecule has 1 aromatic heterocycles. The van der Waals surface area contributed by atoms with Crippen molar-refractivity contribution < 1.29 is 0 Å². The van der Waals surface area contributed by atoms with Crippen molar-refractivity contribution in [3.05, 3.63) is 45.3 Å². The lowest BCUT2D eigenvalue weighted by molar-refractivity contribution is 0.616. The highest BCUT2D eigenvalue weighted by Gasteiger charge is 2.20. The number of hydrogen-bond donors (Lipinski definition) is 1. The summed E-state index contributed by atoms with van der Waals surface area (Å²) in [6.07, 6.45) is 0.936. The van der Waals surface area contributed by atoms with Crippen molar-refractivity contribution in [2.75, 3.05) is 6.54 Å². The van der Waals surface area contributed by atoms with Crippen molar-refractivity contribution in [2.24, 2.45) is 0 Å². The van der Waals surface area contributed by atoms with E-state index in [9.17, 15) is 0 Å². The van der Waals surface area contributed by atoms with Crippen molar-refractivity contribution in [2.45, 2.75) is 32.7 Å². The number of nitrogens with one attached hydrogen (secondary N) is 1. The first-order valence-electron chi connectivity index (χ1n) is 7.12. The second kappa shape index (κ2) is 7.14. The molecule has 2 aromatic rings. The molecule has 22 heavy (non-hydrogen) atoms. The lowest BCUT2D eigenvalue weighted by Crippen LogP contribution is -2.26. The van der Waals surface area contributed by atoms with Gasteiger partial charge in [0.1, 0.15) is 5.82 Å². The number of halogens is 3. The highest BCUT2D eigenvalue weighted by atomic mass is 35.5. The number of fused-ring (bicyclic) bond motifs is 1. The number of rotatable bonds is 2. The average Bonchev–Trinajstić information content (AvgIpc) is 2.49. The van der Waals surface area contributed by atoms with Gasteiger partial charge in [-0.25, -0.2) is 9.97 Å². The summed E-state index contributed by atoms with van der Waals surface area (Å²) in [5.74, 6) is 1.18. The normalized spacial score (nSPS) is 13.7. The van der Waals surface area contributed by atoms with Gasteiger partial charge in [-0.2, -0.15) is 0 Å². The number of aromatic nitrogens is 2. The van der Waals surface area contributed by atoms with E-state index >= 15 is 0 Å². The van der Waals surface area contributed by atoms with Gasteiger partial charge in [0.05, 0.1) is 21.4 Å². The lowest BCUT2D eigenvalue weighted by atomic mass is 9.99. The fraction of sp³-hybridized carbons (Fsp3) is 0.375. The first-order valence-corrected chi connectivity index (χ1v) is 7.87. The summed E-state index contributed by atoms with van der Waals surface area (Å²) < 4.78 is 0. The molecule has 6 heteroatoms. The number of benzene rings is 1. The van der Waals surface area contributed by atoms with Gasteiger partial charge in [-0.15, -0.1) is 12.4 Å². The van der Waals surface area contributed by atoms with Crippen LogP contribution in [0.5, 0.6) is 0 Å². The molecule has 3 nitrogen and oxygen atoms in total. The maximum atomic E-state index is 6.16. The summed E-state index contributed by atoms with van der Waals surface area (Å²) in [5, 5.41) is 4.50. The zero-order valence-electron chi connectivity index (χ0n) is 12.5. The minimum absolute atomic E-state index is 0. The molecule has 1 aliphatic rings. The smallest absolute Gasteiger partial charge is 0.131 e. The predicted molar refractivity (Wildman–Crippen MR) is 94.2 cm³/mol. The second-order valence-corrected chi connectivity index (χ2v) is 6.38. The van der Waals surface area contributed by atoms with Crippen molar-refractivity contribution in [1.29, 1.82) is 0 Å². The molecule has 1 N–H and O–H groups in total. The van der Waals surface area contributed by atoms with Gasteiger partial charge in [-0.05, 0) is 12.1 Å². The van der Waals surface area contributed by atoms with Crippen LogP contribution in [0.3, 0.4) is 0 Å². The molecule has 0 fully saturated rings. The monoisotopic (exact) mass is 357 g/mol. The Morgan fingerprint density at radius 1 is 1.14 bits per heavy atom. The highest BCUT2D eigenvalue weighted by Crippen LogP contribution is 2.32. The van der Waals surface area contributed by atoms with E-state index in [1.54, 1.807) is 0 Å². The molecule has 0 aliphatic carbocycles. The minimum Gasteiger partial charge on any atom is -0.312 e. The molecule has 0 radical (unpaired) electrons. The number of hydrogen-bond acceptors (Lipinski definition) is 3. The van der Waals surface area contributed by atoms with Crippen LogP contribution in [0.2, 0.25) is 10.0 Å². The Hall–Kier alpha value is -0.870. The third-order valence-electron chi connectivity index (χ3n) is 3.66. The Balaban J connectivity index is 0.00000176. The summed E-state index contributed by atoms with van der Waals surface area (Å²) in [5.41, 5.74) is 4.28. The SMILES string of the molecule is CC(C)c1nc2c(c(-c3ccc(Cl)c(Cl)c3)n1)CNCC2.Cl. The second-order valence-electron chi connectivity index (χ2n) is 5.57. The van der Waals surface area contributed by atoms with Crippen LogP contribution in [-0.4, -0.2) is 16.5 Å². The largest absolute Gasteiger partial charge is 0.312 e. The molecular weight excluding hydrogens is 341 g/mol. The molecule has 0 bridgehead atoms. The van der Waals surface area contributed by atoms with Gasteiger partial charge in [0.25, 0.3) is 0 Å². The molecular formula is C16H18Cl3N3. The van der Waals surface area contributed by atoms with E-state index in [1.807, 2.05) is 18.2 Å². The summed E-state index contributed by atoms with van der Waals surface area (Å²) in [6, 6.07) is 5.67. The average molecular weight is 359 g/mol. The van der Waals surface area contributed by atoms with E-state index < -0.39 is 0 Å². The Kier molecular flexibility index (Phi) is 5.67. The van der Waals surface area contributed by atoms with Crippen molar-refractivity contribution in [3.8, 4) is 11.3 Å². The van der Waals surface area contributed by atoms with Crippen LogP contribution >= 0.6 is 35.6 Å². The molecule has 0 amide bonds. The lowest BCUT2D eigenvalue weighted by Gasteiger charge is -2.21. The zero-order valence-corrected chi connectivity index (χ0v) is 14.8. The molecule has 0 spiro atoms. The van der Waals surface area contributed by atoms with Crippen LogP contribution in [0, 0.1) is 0 Å². The van der Waals surface area contributed by atoms with Crippen LogP contribution in [0.15, 0.2) is 18.2 Å². The maximum absolute atomic E-state index is 6.16. The first kappa shape index (κ1) is 17.5. The first-order chi connectivity index (χ1) is 10.1. The van der Waals surface area contributed by atoms with E-state index in [1.165, 1.54) is 5.56 Å². The third-order valence-corrected chi connectivity index (χ3v) is 4.40. The van der Waals surface area contributed by atoms with Gasteiger partial charge in [-0.3, -0.25) is 0 Å². The minimum atomic E-state index is 0. The fourth-order valence-corrected chi connectivity index (χ4v) is 2.80. The third kappa shape index (κ3) is 3.38. The quantitative estimate of drug-likeness (QED) is 0.849. The summed E-state index contributed by atoms with van der Waals surface area (Å²) >= 11 is 12.2. The van der Waals surface area contributed by atoms with E-state index in [0.717, 1.165) is 42.3 Å². The van der Waals surface area contributed by atoms with E-state index in [-0.39, 0.29) is 12.4 Å². The van der Waals surface area contributed by atoms with Crippen molar-refractivity contribution >= 4 is 35.6 Å². The van der Waals surface area contributed by atoms with E-state index in [4.69, 9.17) is 33.2 Å². The van der Waals surface area contributed by atoms with Gasteiger partial charge in [0.2, 0.25) is 0 Å². The molecule has 0 saturated heterocycles. The maximum Gasteiger partial charge on any atom is 0.131 e. The summed E-state index contributed by atoms with van der Waals surface area (Å²) in [4.78, 5) is 9.50. The van der Waals surface area contributed by atoms with Gasteiger partial charge >= 0.3 is 0 Å². The molecule has 3 rings (SSSR count). The van der Waals surface area contributed by atoms with Crippen LogP contribution in [-0.2, 0) is 13.0 Å². The molecule has 0 atom stereocenters. The van der Waals surface area contributed by atoms with Crippen molar-refractivity contribution in [1.82, 2.24) is 15.3 Å². The molecule has 118 valence electrons. The highest BCUT2D eigenvalue weighted by molar-refractivity contribution is 6.42. The van der Waals surface area contributed by atoms with E-state index in [0.29, 0.717) is 16.0 Å². The van der Waals surface area contributed by atoms with Gasteiger partial charge in [-0.1, -0.05) is 43.1 Å². The van der Waals surface area contributed by atoms with E-state index in [2.05, 4.69) is 19.2 Å². The van der Waals surface area contributed by atoms with Gasteiger partial charge in [0, 0.05) is 36.6 Å². The van der Waals surface area contributed by atoms with Crippen LogP contribution in [0.4, 0.5) is 0 Å². The van der Waals surface area contributed by atoms with Gasteiger partial charge in [0.15, 0.2) is 0 Å². The van der Waals surface area contributed by atoms with Crippen LogP contribution in [0.25, 0.3) is 11.3 Å². The zero-order chi connectivity index (χ0) is 15.0.